The molecule has 1 atom stereocenters. The molecule has 1 aromatic carbocycles. The molecule has 3 heteroatoms. The summed E-state index contributed by atoms with van der Waals surface area (Å²) in [6.45, 7) is 2.11. The molecule has 1 unspecified atom stereocenters. The number of aryl methyl sites for hydroxylation is 3. The van der Waals surface area contributed by atoms with Crippen LogP contribution in [0.5, 0.6) is 0 Å². The van der Waals surface area contributed by atoms with E-state index in [9.17, 15) is 5.26 Å². The molecule has 1 aromatic heterocycles. The lowest BCUT2D eigenvalue weighted by molar-refractivity contribution is 0.516. The summed E-state index contributed by atoms with van der Waals surface area (Å²) in [4.78, 5) is 0. The van der Waals surface area contributed by atoms with E-state index in [1.165, 1.54) is 11.1 Å². The monoisotopic (exact) mass is 265 g/mol. The smallest absolute Gasteiger partial charge is 0.0883 e. The Balaban J connectivity index is 2.00. The van der Waals surface area contributed by atoms with E-state index in [4.69, 9.17) is 0 Å². The second-order valence-electron chi connectivity index (χ2n) is 5.63. The lowest BCUT2D eigenvalue weighted by atomic mass is 9.79. The van der Waals surface area contributed by atoms with Gasteiger partial charge in [0.25, 0.3) is 0 Å². The van der Waals surface area contributed by atoms with Crippen LogP contribution in [-0.2, 0) is 31.7 Å². The first-order chi connectivity index (χ1) is 9.68. The summed E-state index contributed by atoms with van der Waals surface area (Å²) in [7, 11) is 1.97. The van der Waals surface area contributed by atoms with Gasteiger partial charge in [0.2, 0.25) is 0 Å². The van der Waals surface area contributed by atoms with Gasteiger partial charge in [-0.05, 0) is 36.5 Å². The number of nitrogens with zero attached hydrogens (tertiary/aromatic N) is 3. The molecule has 0 spiro atoms. The normalized spacial score (nSPS) is 20.6. The first-order valence-electron chi connectivity index (χ1n) is 7.20. The van der Waals surface area contributed by atoms with Crippen LogP contribution in [0.2, 0.25) is 0 Å². The van der Waals surface area contributed by atoms with Crippen LogP contribution in [0.3, 0.4) is 0 Å². The summed E-state index contributed by atoms with van der Waals surface area (Å²) in [5, 5.41) is 14.3. The molecule has 1 heterocycles. The summed E-state index contributed by atoms with van der Waals surface area (Å²) in [6, 6.07) is 13.1. The van der Waals surface area contributed by atoms with Gasteiger partial charge in [-0.3, -0.25) is 4.68 Å². The lowest BCUT2D eigenvalue weighted by Crippen LogP contribution is -2.25. The Labute approximate surface area is 119 Å². The largest absolute Gasteiger partial charge is 0.272 e. The number of nitriles is 1. The van der Waals surface area contributed by atoms with Crippen molar-refractivity contribution in [3.8, 4) is 6.07 Å². The van der Waals surface area contributed by atoms with E-state index in [0.29, 0.717) is 0 Å². The summed E-state index contributed by atoms with van der Waals surface area (Å²) in [6.07, 6.45) is 3.60. The highest BCUT2D eigenvalue weighted by atomic mass is 15.3. The van der Waals surface area contributed by atoms with Crippen LogP contribution in [0.15, 0.2) is 30.3 Å². The van der Waals surface area contributed by atoms with Crippen LogP contribution in [0.25, 0.3) is 0 Å². The molecule has 3 nitrogen and oxygen atoms in total. The van der Waals surface area contributed by atoms with Crippen molar-refractivity contribution in [2.24, 2.45) is 7.05 Å². The van der Waals surface area contributed by atoms with Gasteiger partial charge in [0.1, 0.15) is 0 Å². The SMILES string of the molecule is CCc1cc(CC2(C#N)CCc3ccccc32)n(C)n1. The van der Waals surface area contributed by atoms with Crippen LogP contribution in [0.4, 0.5) is 0 Å². The third kappa shape index (κ3) is 1.92. The van der Waals surface area contributed by atoms with Gasteiger partial charge in [0, 0.05) is 19.2 Å². The van der Waals surface area contributed by atoms with Crippen molar-refractivity contribution in [2.75, 3.05) is 0 Å². The average Bonchev–Trinajstić information content (AvgIpc) is 3.02. The third-order valence-electron chi connectivity index (χ3n) is 4.44. The number of fused-ring (bicyclic) bond motifs is 1. The minimum absolute atomic E-state index is 0.380. The zero-order valence-corrected chi connectivity index (χ0v) is 12.1. The standard InChI is InChI=1S/C17H19N3/c1-3-14-10-15(20(2)19-14)11-17(12-18)9-8-13-6-4-5-7-16(13)17/h4-7,10H,3,8-9,11H2,1-2H3. The van der Waals surface area contributed by atoms with Crippen molar-refractivity contribution in [1.82, 2.24) is 9.78 Å². The van der Waals surface area contributed by atoms with E-state index < -0.39 is 0 Å². The van der Waals surface area contributed by atoms with Crippen molar-refractivity contribution < 1.29 is 0 Å². The fourth-order valence-electron chi connectivity index (χ4n) is 3.25. The molecule has 0 fully saturated rings. The first-order valence-corrected chi connectivity index (χ1v) is 7.20. The number of rotatable bonds is 3. The van der Waals surface area contributed by atoms with Gasteiger partial charge >= 0.3 is 0 Å². The molecule has 0 saturated carbocycles. The highest BCUT2D eigenvalue weighted by Crippen LogP contribution is 2.41. The minimum Gasteiger partial charge on any atom is -0.272 e. The van der Waals surface area contributed by atoms with Crippen LogP contribution in [0, 0.1) is 11.3 Å². The predicted octanol–water partition coefficient (Wildman–Crippen LogP) is 2.93. The first kappa shape index (κ1) is 12.9. The molecule has 1 aliphatic rings. The summed E-state index contributed by atoms with van der Waals surface area (Å²) < 4.78 is 1.93. The molecule has 1 aliphatic carbocycles. The maximum absolute atomic E-state index is 9.80. The maximum Gasteiger partial charge on any atom is 0.0883 e. The zero-order valence-electron chi connectivity index (χ0n) is 12.1. The van der Waals surface area contributed by atoms with Gasteiger partial charge < -0.3 is 0 Å². The van der Waals surface area contributed by atoms with E-state index in [2.05, 4.69) is 42.4 Å². The van der Waals surface area contributed by atoms with Crippen LogP contribution >= 0.6 is 0 Å². The maximum atomic E-state index is 9.80. The van der Waals surface area contributed by atoms with Crippen molar-refractivity contribution in [1.29, 1.82) is 5.26 Å². The highest BCUT2D eigenvalue weighted by molar-refractivity contribution is 5.45. The van der Waals surface area contributed by atoms with Gasteiger partial charge in [-0.25, -0.2) is 0 Å². The van der Waals surface area contributed by atoms with E-state index in [1.807, 2.05) is 17.8 Å². The molecule has 3 rings (SSSR count). The Morgan fingerprint density at radius 2 is 2.20 bits per heavy atom. The molecule has 102 valence electrons. The number of hydrogen-bond donors (Lipinski definition) is 0. The molecule has 0 N–H and O–H groups in total. The molecule has 20 heavy (non-hydrogen) atoms. The van der Waals surface area contributed by atoms with Crippen molar-refractivity contribution in [3.05, 3.63) is 52.8 Å². The van der Waals surface area contributed by atoms with Gasteiger partial charge in [-0.1, -0.05) is 31.2 Å². The van der Waals surface area contributed by atoms with Crippen LogP contribution < -0.4 is 0 Å². The van der Waals surface area contributed by atoms with Gasteiger partial charge in [0.15, 0.2) is 0 Å². The molecule has 0 radical (unpaired) electrons. The van der Waals surface area contributed by atoms with E-state index in [0.717, 1.165) is 37.1 Å². The van der Waals surface area contributed by atoms with E-state index >= 15 is 0 Å². The molecule has 0 saturated heterocycles. The summed E-state index contributed by atoms with van der Waals surface area (Å²) in [5.41, 5.74) is 4.41. The summed E-state index contributed by atoms with van der Waals surface area (Å²) in [5.74, 6) is 0. The Morgan fingerprint density at radius 3 is 2.90 bits per heavy atom. The Hall–Kier alpha value is -2.08. The van der Waals surface area contributed by atoms with Gasteiger partial charge in [-0.15, -0.1) is 0 Å². The molecule has 0 aliphatic heterocycles. The topological polar surface area (TPSA) is 41.6 Å². The van der Waals surface area contributed by atoms with Crippen LogP contribution in [0.1, 0.15) is 35.9 Å². The van der Waals surface area contributed by atoms with E-state index in [1.54, 1.807) is 0 Å². The molecule has 0 bridgehead atoms. The zero-order chi connectivity index (χ0) is 14.2. The molecule has 0 amide bonds. The molecule has 2 aromatic rings. The summed E-state index contributed by atoms with van der Waals surface area (Å²) >= 11 is 0. The minimum atomic E-state index is -0.380. The Kier molecular flexibility index (Phi) is 3.10. The third-order valence-corrected chi connectivity index (χ3v) is 4.44. The van der Waals surface area contributed by atoms with Crippen molar-refractivity contribution in [2.45, 2.75) is 38.0 Å². The second-order valence-corrected chi connectivity index (χ2v) is 5.63. The number of benzene rings is 1. The molecular weight excluding hydrogens is 246 g/mol. The Bertz CT molecular complexity index is 678. The van der Waals surface area contributed by atoms with Crippen molar-refractivity contribution >= 4 is 0 Å². The fraction of sp³-hybridized carbons (Fsp3) is 0.412. The predicted molar refractivity (Wildman–Crippen MR) is 78.3 cm³/mol. The Morgan fingerprint density at radius 1 is 1.40 bits per heavy atom. The van der Waals surface area contributed by atoms with Crippen LogP contribution in [-0.4, -0.2) is 9.78 Å². The lowest BCUT2D eigenvalue weighted by Gasteiger charge is -2.22. The van der Waals surface area contributed by atoms with Gasteiger partial charge in [0.05, 0.1) is 17.2 Å². The molecular formula is C17H19N3. The average molecular weight is 265 g/mol. The fourth-order valence-corrected chi connectivity index (χ4v) is 3.25. The second kappa shape index (κ2) is 4.79. The number of hydrogen-bond acceptors (Lipinski definition) is 2. The number of aromatic nitrogens is 2. The van der Waals surface area contributed by atoms with Gasteiger partial charge in [-0.2, -0.15) is 10.4 Å². The highest BCUT2D eigenvalue weighted by Gasteiger charge is 2.39. The quantitative estimate of drug-likeness (QED) is 0.856. The van der Waals surface area contributed by atoms with Crippen molar-refractivity contribution in [3.63, 3.8) is 0 Å². The van der Waals surface area contributed by atoms with E-state index in [-0.39, 0.29) is 5.41 Å².